The van der Waals surface area contributed by atoms with Crippen LogP contribution < -0.4 is 26.4 Å². The zero-order chi connectivity index (χ0) is 48.4. The Labute approximate surface area is 409 Å². The number of aryl methyl sites for hydroxylation is 1. The molecule has 12 rings (SSSR count). The molecule has 1 aromatic heterocycles. The van der Waals surface area contributed by atoms with Gasteiger partial charge in [0.25, 0.3) is 6.71 Å². The summed E-state index contributed by atoms with van der Waals surface area (Å²) in [5.41, 5.74) is 26.1. The van der Waals surface area contributed by atoms with E-state index in [4.69, 9.17) is 4.42 Å². The predicted molar refractivity (Wildman–Crippen MR) is 291 cm³/mol. The summed E-state index contributed by atoms with van der Waals surface area (Å²) < 4.78 is 7.70. The van der Waals surface area contributed by atoms with Gasteiger partial charge in [0.2, 0.25) is 0 Å². The Morgan fingerprint density at radius 2 is 1.03 bits per heavy atom. The summed E-state index contributed by atoms with van der Waals surface area (Å²) >= 11 is 0. The first-order valence-corrected chi connectivity index (χ1v) is 26.4. The van der Waals surface area contributed by atoms with Crippen molar-refractivity contribution < 1.29 is 4.42 Å². The normalized spacial score (nSPS) is 24.3. The predicted octanol–water partition coefficient (Wildman–Crippen LogP) is 15.8. The minimum absolute atomic E-state index is 0.0392. The molecule has 1 fully saturated rings. The van der Waals surface area contributed by atoms with Crippen molar-refractivity contribution in [3.8, 4) is 0 Å². The third-order valence-corrected chi connectivity index (χ3v) is 19.3. The molecule has 6 aromatic rings. The molecule has 0 radical (unpaired) electrons. The van der Waals surface area contributed by atoms with E-state index in [-0.39, 0.29) is 50.0 Å². The molecule has 6 aliphatic rings. The molecule has 2 aliphatic heterocycles. The molecule has 0 N–H and O–H groups in total. The SMILES string of the molecule is Cc1cc2c(cc1N1c3ccc(C(C)(C)C)cc3B3c4oc5cc6c(cc5c4N(c4ccc5c(c4)C(C)(C)CCC5(C)C)c4cc(C(C)(C)C)cc1c43)[C@]1(C)CCC6(C)C1)C(C)(C)CCC2(C)C. The number of benzene rings is 5. The van der Waals surface area contributed by atoms with E-state index in [1.807, 2.05) is 0 Å². The highest BCUT2D eigenvalue weighted by molar-refractivity contribution is 7.00. The summed E-state index contributed by atoms with van der Waals surface area (Å²) in [5, 5.41) is 1.26. The van der Waals surface area contributed by atoms with Crippen LogP contribution in [0.5, 0.6) is 0 Å². The summed E-state index contributed by atoms with van der Waals surface area (Å²) in [7, 11) is 0. The van der Waals surface area contributed by atoms with Crippen LogP contribution in [0.2, 0.25) is 0 Å². The Hall–Kier alpha value is -4.70. The van der Waals surface area contributed by atoms with Gasteiger partial charge in [-0.1, -0.05) is 135 Å². The summed E-state index contributed by atoms with van der Waals surface area (Å²) in [6, 6.07) is 30.4. The lowest BCUT2D eigenvalue weighted by atomic mass is 9.35. The second-order valence-corrected chi connectivity index (χ2v) is 28.3. The minimum atomic E-state index is -0.115. The summed E-state index contributed by atoms with van der Waals surface area (Å²) in [4.78, 5) is 5.38. The lowest BCUT2D eigenvalue weighted by Crippen LogP contribution is -2.61. The fraction of sp³-hybridized carbons (Fsp3) is 0.500. The fourth-order valence-corrected chi connectivity index (χ4v) is 14.7. The molecule has 352 valence electrons. The minimum Gasteiger partial charge on any atom is -0.468 e. The third kappa shape index (κ3) is 6.03. The van der Waals surface area contributed by atoms with E-state index in [2.05, 4.69) is 200 Å². The third-order valence-electron chi connectivity index (χ3n) is 19.3. The van der Waals surface area contributed by atoms with E-state index in [9.17, 15) is 0 Å². The van der Waals surface area contributed by atoms with Crippen molar-refractivity contribution in [1.29, 1.82) is 0 Å². The van der Waals surface area contributed by atoms with Gasteiger partial charge in [-0.3, -0.25) is 0 Å². The second kappa shape index (κ2) is 13.4. The van der Waals surface area contributed by atoms with E-state index in [0.717, 1.165) is 11.2 Å². The van der Waals surface area contributed by atoms with Crippen LogP contribution in [0.25, 0.3) is 11.0 Å². The van der Waals surface area contributed by atoms with Crippen molar-refractivity contribution in [2.75, 3.05) is 9.80 Å². The van der Waals surface area contributed by atoms with Crippen LogP contribution >= 0.6 is 0 Å². The van der Waals surface area contributed by atoms with Gasteiger partial charge in [-0.2, -0.15) is 0 Å². The number of rotatable bonds is 2. The molecule has 3 heterocycles. The largest absolute Gasteiger partial charge is 0.468 e. The first-order chi connectivity index (χ1) is 31.5. The van der Waals surface area contributed by atoms with Crippen molar-refractivity contribution in [1.82, 2.24) is 0 Å². The van der Waals surface area contributed by atoms with Crippen LogP contribution in [0.4, 0.5) is 34.1 Å². The van der Waals surface area contributed by atoms with Gasteiger partial charge in [-0.05, 0) is 205 Å². The van der Waals surface area contributed by atoms with Crippen molar-refractivity contribution in [3.05, 3.63) is 123 Å². The zero-order valence-corrected chi connectivity index (χ0v) is 44.8. The molecule has 2 atom stereocenters. The number of nitrogens with zero attached hydrogens (tertiary/aromatic N) is 2. The standard InChI is InChI=1S/C64H77BN2O/c1-37-28-43-45(62(14,15)25-24-60(43,10)11)34-50(37)67-49-21-18-38(57(2,3)4)29-48(49)65-54-51(30-39(31-52(54)67)58(5,6)7)66(40-19-20-42-44(32-40)61(12,13)23-22-59(42,8)9)55-41-33-46-47(35-53(41)68-56(55)65)64(17)27-26-63(46,16)36-64/h18-21,28-35H,22-27,36H2,1-17H3/t63-,64?/m1/s1. The smallest absolute Gasteiger partial charge is 0.297 e. The molecule has 0 amide bonds. The second-order valence-electron chi connectivity index (χ2n) is 28.3. The molecule has 68 heavy (non-hydrogen) atoms. The monoisotopic (exact) mass is 901 g/mol. The van der Waals surface area contributed by atoms with Gasteiger partial charge in [-0.15, -0.1) is 0 Å². The van der Waals surface area contributed by atoms with Gasteiger partial charge in [-0.25, -0.2) is 0 Å². The van der Waals surface area contributed by atoms with Crippen LogP contribution in [0.1, 0.15) is 206 Å². The van der Waals surface area contributed by atoms with Crippen LogP contribution in [0.3, 0.4) is 0 Å². The lowest BCUT2D eigenvalue weighted by molar-refractivity contribution is 0.332. The highest BCUT2D eigenvalue weighted by Gasteiger charge is 2.55. The number of fused-ring (bicyclic) bond motifs is 13. The van der Waals surface area contributed by atoms with Crippen molar-refractivity contribution in [2.45, 2.75) is 206 Å². The maximum atomic E-state index is 7.70. The molecule has 0 spiro atoms. The summed E-state index contributed by atoms with van der Waals surface area (Å²) in [5.74, 6) is 0. The molecular formula is C64H77BN2O. The molecule has 1 unspecified atom stereocenters. The van der Waals surface area contributed by atoms with Crippen molar-refractivity contribution in [3.63, 3.8) is 0 Å². The molecule has 4 aliphatic carbocycles. The maximum Gasteiger partial charge on any atom is 0.297 e. The first-order valence-electron chi connectivity index (χ1n) is 26.4. The van der Waals surface area contributed by atoms with E-state index < -0.39 is 0 Å². The molecule has 0 saturated heterocycles. The maximum absolute atomic E-state index is 7.70. The Morgan fingerprint density at radius 1 is 0.485 bits per heavy atom. The molecule has 3 nitrogen and oxygen atoms in total. The first kappa shape index (κ1) is 44.5. The average Bonchev–Trinajstić information content (AvgIpc) is 3.86. The van der Waals surface area contributed by atoms with E-state index >= 15 is 0 Å². The fourth-order valence-electron chi connectivity index (χ4n) is 14.7. The zero-order valence-electron chi connectivity index (χ0n) is 44.8. The van der Waals surface area contributed by atoms with Gasteiger partial charge < -0.3 is 14.2 Å². The van der Waals surface area contributed by atoms with Crippen LogP contribution in [0, 0.1) is 6.92 Å². The van der Waals surface area contributed by atoms with Gasteiger partial charge in [0.05, 0.1) is 11.3 Å². The summed E-state index contributed by atoms with van der Waals surface area (Å²) in [6.45, 7) is 41.4. The van der Waals surface area contributed by atoms with Gasteiger partial charge in [0.15, 0.2) is 0 Å². The number of hydrogen-bond acceptors (Lipinski definition) is 3. The van der Waals surface area contributed by atoms with Gasteiger partial charge >= 0.3 is 0 Å². The van der Waals surface area contributed by atoms with Gasteiger partial charge in [0, 0.05) is 33.8 Å². The Kier molecular flexibility index (Phi) is 8.76. The Balaban J connectivity index is 1.22. The van der Waals surface area contributed by atoms with Crippen molar-refractivity contribution in [2.24, 2.45) is 0 Å². The van der Waals surface area contributed by atoms with Crippen LogP contribution in [0.15, 0.2) is 77.2 Å². The quantitative estimate of drug-likeness (QED) is 0.161. The highest BCUT2D eigenvalue weighted by atomic mass is 16.3. The number of hydrogen-bond donors (Lipinski definition) is 0. The summed E-state index contributed by atoms with van der Waals surface area (Å²) in [6.07, 6.45) is 8.47. The van der Waals surface area contributed by atoms with Crippen molar-refractivity contribution >= 4 is 68.4 Å². The van der Waals surface area contributed by atoms with Crippen LogP contribution in [-0.2, 0) is 43.3 Å². The molecule has 5 aromatic carbocycles. The molecule has 4 heteroatoms. The molecular weight excluding hydrogens is 824 g/mol. The Morgan fingerprint density at radius 3 is 1.63 bits per heavy atom. The number of anilines is 6. The van der Waals surface area contributed by atoms with Gasteiger partial charge in [0.1, 0.15) is 5.58 Å². The number of furan rings is 1. The van der Waals surface area contributed by atoms with E-state index in [1.54, 1.807) is 5.56 Å². The highest BCUT2D eigenvalue weighted by Crippen LogP contribution is 2.62. The molecule has 1 saturated carbocycles. The average molecular weight is 901 g/mol. The Bertz CT molecular complexity index is 3200. The molecule has 2 bridgehead atoms. The van der Waals surface area contributed by atoms with Crippen LogP contribution in [-0.4, -0.2) is 6.71 Å². The van der Waals surface area contributed by atoms with E-state index in [0.29, 0.717) is 0 Å². The van der Waals surface area contributed by atoms with E-state index in [1.165, 1.54) is 140 Å². The topological polar surface area (TPSA) is 19.6 Å². The lowest BCUT2D eigenvalue weighted by Gasteiger charge is -2.46.